The average molecular weight is 180 g/mol. The van der Waals surface area contributed by atoms with E-state index in [4.69, 9.17) is 4.74 Å². The second-order valence-electron chi connectivity index (χ2n) is 2.65. The Balaban J connectivity index is 0.000001000. The van der Waals surface area contributed by atoms with E-state index in [1.807, 2.05) is 0 Å². The highest BCUT2D eigenvalue weighted by Crippen LogP contribution is 2.07. The molecule has 0 amide bonds. The van der Waals surface area contributed by atoms with Crippen LogP contribution in [0.1, 0.15) is 13.3 Å². The van der Waals surface area contributed by atoms with Crippen LogP contribution in [0.3, 0.4) is 0 Å². The van der Waals surface area contributed by atoms with Crippen molar-refractivity contribution in [3.05, 3.63) is 0 Å². The van der Waals surface area contributed by atoms with Crippen molar-refractivity contribution in [3.8, 4) is 0 Å². The number of esters is 1. The molecule has 0 aromatic heterocycles. The van der Waals surface area contributed by atoms with Gasteiger partial charge in [-0.05, 0) is 25.4 Å². The lowest BCUT2D eigenvalue weighted by Crippen LogP contribution is -2.42. The van der Waals surface area contributed by atoms with Crippen molar-refractivity contribution in [1.82, 2.24) is 5.32 Å². The number of hydrogen-bond acceptors (Lipinski definition) is 3. The summed E-state index contributed by atoms with van der Waals surface area (Å²) in [5, 5.41) is 3.16. The molecule has 3 nitrogen and oxygen atoms in total. The Bertz CT molecular complexity index is 126. The first kappa shape index (κ1) is 10.7. The number of hydrogen-bond donors (Lipinski definition) is 1. The molecule has 4 heteroatoms. The number of halogens is 1. The summed E-state index contributed by atoms with van der Waals surface area (Å²) in [6.45, 7) is 4.20. The fourth-order valence-electron chi connectivity index (χ4n) is 0.922. The van der Waals surface area contributed by atoms with Gasteiger partial charge >= 0.3 is 5.97 Å². The second-order valence-corrected chi connectivity index (χ2v) is 2.65. The summed E-state index contributed by atoms with van der Waals surface area (Å²) >= 11 is 0. The van der Waals surface area contributed by atoms with Gasteiger partial charge in [0, 0.05) is 6.92 Å². The minimum Gasteiger partial charge on any atom is -0.466 e. The standard InChI is InChI=1S/C7H13NO2.ClH/c1-6(9)10-3-2-7-4-8-5-7;/h7-8H,2-5H2,1H3;1H. The molecule has 0 atom stereocenters. The molecule has 0 aromatic rings. The number of ether oxygens (including phenoxy) is 1. The summed E-state index contributed by atoms with van der Waals surface area (Å²) in [6, 6.07) is 0. The van der Waals surface area contributed by atoms with Gasteiger partial charge in [0.25, 0.3) is 0 Å². The fraction of sp³-hybridized carbons (Fsp3) is 0.857. The molecule has 0 saturated carbocycles. The van der Waals surface area contributed by atoms with Crippen LogP contribution < -0.4 is 5.32 Å². The van der Waals surface area contributed by atoms with Crippen LogP contribution in [0.15, 0.2) is 0 Å². The normalized spacial score (nSPS) is 16.5. The lowest BCUT2D eigenvalue weighted by Gasteiger charge is -2.26. The molecule has 1 fully saturated rings. The lowest BCUT2D eigenvalue weighted by atomic mass is 10.0. The van der Waals surface area contributed by atoms with Gasteiger partial charge in [-0.3, -0.25) is 4.79 Å². The van der Waals surface area contributed by atoms with Crippen LogP contribution in [0.4, 0.5) is 0 Å². The first-order chi connectivity index (χ1) is 4.79. The molecule has 1 saturated heterocycles. The third kappa shape index (κ3) is 4.22. The molecule has 1 N–H and O–H groups in total. The fourth-order valence-corrected chi connectivity index (χ4v) is 0.922. The number of nitrogens with one attached hydrogen (secondary N) is 1. The first-order valence-electron chi connectivity index (χ1n) is 3.63. The van der Waals surface area contributed by atoms with Gasteiger partial charge in [-0.2, -0.15) is 0 Å². The highest BCUT2D eigenvalue weighted by molar-refractivity contribution is 5.85. The van der Waals surface area contributed by atoms with Gasteiger partial charge in [0.05, 0.1) is 6.61 Å². The van der Waals surface area contributed by atoms with Crippen molar-refractivity contribution in [1.29, 1.82) is 0 Å². The van der Waals surface area contributed by atoms with E-state index >= 15 is 0 Å². The first-order valence-corrected chi connectivity index (χ1v) is 3.63. The third-order valence-electron chi connectivity index (χ3n) is 1.70. The number of carbonyl (C=O) groups excluding carboxylic acids is 1. The topological polar surface area (TPSA) is 38.3 Å². The molecule has 0 spiro atoms. The summed E-state index contributed by atoms with van der Waals surface area (Å²) < 4.78 is 4.78. The Morgan fingerprint density at radius 2 is 2.27 bits per heavy atom. The van der Waals surface area contributed by atoms with Crippen molar-refractivity contribution >= 4 is 18.4 Å². The molecule has 0 unspecified atom stereocenters. The molecule has 11 heavy (non-hydrogen) atoms. The monoisotopic (exact) mass is 179 g/mol. The smallest absolute Gasteiger partial charge is 0.302 e. The number of carbonyl (C=O) groups is 1. The van der Waals surface area contributed by atoms with E-state index in [9.17, 15) is 4.79 Å². The van der Waals surface area contributed by atoms with Gasteiger partial charge in [0.1, 0.15) is 0 Å². The van der Waals surface area contributed by atoms with Crippen LogP contribution in [-0.4, -0.2) is 25.7 Å². The minimum absolute atomic E-state index is 0. The van der Waals surface area contributed by atoms with Crippen LogP contribution in [-0.2, 0) is 9.53 Å². The van der Waals surface area contributed by atoms with Gasteiger partial charge in [-0.1, -0.05) is 0 Å². The molecule has 1 aliphatic heterocycles. The number of rotatable bonds is 3. The molecule has 1 heterocycles. The van der Waals surface area contributed by atoms with Gasteiger partial charge in [0.15, 0.2) is 0 Å². The SMILES string of the molecule is CC(=O)OCCC1CNC1.Cl. The maximum atomic E-state index is 10.3. The summed E-state index contributed by atoms with van der Waals surface area (Å²) in [5.41, 5.74) is 0. The maximum Gasteiger partial charge on any atom is 0.302 e. The molecule has 1 aliphatic rings. The molecular weight excluding hydrogens is 166 g/mol. The Morgan fingerprint density at radius 3 is 2.64 bits per heavy atom. The van der Waals surface area contributed by atoms with Gasteiger partial charge < -0.3 is 10.1 Å². The molecule has 0 aliphatic carbocycles. The minimum atomic E-state index is -0.174. The molecule has 0 bridgehead atoms. The van der Waals surface area contributed by atoms with Crippen LogP contribution in [0.2, 0.25) is 0 Å². The van der Waals surface area contributed by atoms with Crippen LogP contribution in [0.25, 0.3) is 0 Å². The zero-order valence-electron chi connectivity index (χ0n) is 6.63. The third-order valence-corrected chi connectivity index (χ3v) is 1.70. The molecule has 0 radical (unpaired) electrons. The Morgan fingerprint density at radius 1 is 1.64 bits per heavy atom. The summed E-state index contributed by atoms with van der Waals surface area (Å²) in [6.07, 6.45) is 1.01. The van der Waals surface area contributed by atoms with Crippen molar-refractivity contribution in [2.75, 3.05) is 19.7 Å². The predicted molar refractivity (Wildman–Crippen MR) is 44.9 cm³/mol. The van der Waals surface area contributed by atoms with Gasteiger partial charge in [0.2, 0.25) is 0 Å². The van der Waals surface area contributed by atoms with Crippen LogP contribution in [0, 0.1) is 5.92 Å². The predicted octanol–water partition coefficient (Wildman–Crippen LogP) is 0.581. The van der Waals surface area contributed by atoms with Crippen molar-refractivity contribution in [2.45, 2.75) is 13.3 Å². The summed E-state index contributed by atoms with van der Waals surface area (Å²) in [4.78, 5) is 10.3. The Kier molecular flexibility index (Phi) is 5.24. The van der Waals surface area contributed by atoms with Crippen molar-refractivity contribution < 1.29 is 9.53 Å². The van der Waals surface area contributed by atoms with E-state index in [1.165, 1.54) is 6.92 Å². The van der Waals surface area contributed by atoms with Crippen molar-refractivity contribution in [2.24, 2.45) is 5.92 Å². The highest BCUT2D eigenvalue weighted by atomic mass is 35.5. The van der Waals surface area contributed by atoms with Crippen molar-refractivity contribution in [3.63, 3.8) is 0 Å². The maximum absolute atomic E-state index is 10.3. The second kappa shape index (κ2) is 5.38. The molecule has 0 aromatic carbocycles. The Hall–Kier alpha value is -0.280. The van der Waals surface area contributed by atoms with E-state index in [-0.39, 0.29) is 18.4 Å². The highest BCUT2D eigenvalue weighted by Gasteiger charge is 2.15. The van der Waals surface area contributed by atoms with E-state index < -0.39 is 0 Å². The van der Waals surface area contributed by atoms with E-state index in [0.29, 0.717) is 6.61 Å². The molecular formula is C7H14ClNO2. The zero-order chi connectivity index (χ0) is 7.40. The van der Waals surface area contributed by atoms with E-state index in [1.54, 1.807) is 0 Å². The Labute approximate surface area is 72.9 Å². The van der Waals surface area contributed by atoms with Gasteiger partial charge in [-0.25, -0.2) is 0 Å². The summed E-state index contributed by atoms with van der Waals surface area (Å²) in [7, 11) is 0. The lowest BCUT2D eigenvalue weighted by molar-refractivity contribution is -0.141. The molecule has 1 rings (SSSR count). The van der Waals surface area contributed by atoms with E-state index in [0.717, 1.165) is 25.4 Å². The summed E-state index contributed by atoms with van der Waals surface area (Å²) in [5.74, 6) is 0.562. The zero-order valence-corrected chi connectivity index (χ0v) is 7.45. The van der Waals surface area contributed by atoms with Crippen LogP contribution in [0.5, 0.6) is 0 Å². The largest absolute Gasteiger partial charge is 0.466 e. The quantitative estimate of drug-likeness (QED) is 0.645. The average Bonchev–Trinajstić information content (AvgIpc) is 1.75. The molecule has 66 valence electrons. The van der Waals surface area contributed by atoms with Crippen LogP contribution >= 0.6 is 12.4 Å². The van der Waals surface area contributed by atoms with Gasteiger partial charge in [-0.15, -0.1) is 12.4 Å². The van der Waals surface area contributed by atoms with E-state index in [2.05, 4.69) is 5.32 Å².